The topological polar surface area (TPSA) is 21.3 Å². The van der Waals surface area contributed by atoms with Gasteiger partial charge in [0.15, 0.2) is 0 Å². The summed E-state index contributed by atoms with van der Waals surface area (Å²) in [6, 6.07) is 6.43. The van der Waals surface area contributed by atoms with Crippen LogP contribution in [0.4, 0.5) is 0 Å². The summed E-state index contributed by atoms with van der Waals surface area (Å²) in [5.41, 5.74) is 3.05. The molecule has 1 saturated heterocycles. The third kappa shape index (κ3) is 2.84. The Kier molecular flexibility index (Phi) is 3.67. The van der Waals surface area contributed by atoms with Gasteiger partial charge in [0.25, 0.3) is 0 Å². The van der Waals surface area contributed by atoms with Crippen molar-refractivity contribution in [2.75, 3.05) is 19.8 Å². The maximum absolute atomic E-state index is 5.23. The molecule has 0 saturated carbocycles. The first-order chi connectivity index (χ1) is 7.59. The standard InChI is InChI=1S/C13H18BrNO/c1-10-5-12(14)4-3-11(10)6-15-7-13(2)8-16-9-13/h3-5,15H,6-9H2,1-2H3. The summed E-state index contributed by atoms with van der Waals surface area (Å²) >= 11 is 3.48. The maximum atomic E-state index is 5.23. The lowest BCUT2D eigenvalue weighted by Gasteiger charge is -2.38. The van der Waals surface area contributed by atoms with Crippen molar-refractivity contribution in [3.8, 4) is 0 Å². The molecule has 88 valence electrons. The van der Waals surface area contributed by atoms with Crippen molar-refractivity contribution < 1.29 is 4.74 Å². The number of benzene rings is 1. The van der Waals surface area contributed by atoms with Crippen LogP contribution in [0.3, 0.4) is 0 Å². The summed E-state index contributed by atoms with van der Waals surface area (Å²) in [7, 11) is 0. The van der Waals surface area contributed by atoms with Gasteiger partial charge in [-0.2, -0.15) is 0 Å². The summed E-state index contributed by atoms with van der Waals surface area (Å²) in [6.45, 7) is 8.16. The van der Waals surface area contributed by atoms with Gasteiger partial charge in [-0.05, 0) is 30.2 Å². The Morgan fingerprint density at radius 1 is 1.44 bits per heavy atom. The monoisotopic (exact) mass is 283 g/mol. The molecule has 1 aliphatic heterocycles. The van der Waals surface area contributed by atoms with Crippen LogP contribution in [-0.4, -0.2) is 19.8 Å². The first kappa shape index (κ1) is 12.1. The van der Waals surface area contributed by atoms with Gasteiger partial charge in [-0.1, -0.05) is 28.9 Å². The van der Waals surface area contributed by atoms with E-state index in [1.807, 2.05) is 0 Å². The second-order valence-electron chi connectivity index (χ2n) is 4.98. The van der Waals surface area contributed by atoms with E-state index in [2.05, 4.69) is 53.3 Å². The Morgan fingerprint density at radius 3 is 2.75 bits per heavy atom. The quantitative estimate of drug-likeness (QED) is 0.918. The molecule has 0 aliphatic carbocycles. The molecule has 1 heterocycles. The van der Waals surface area contributed by atoms with E-state index in [0.29, 0.717) is 5.41 Å². The molecule has 0 radical (unpaired) electrons. The number of hydrogen-bond acceptors (Lipinski definition) is 2. The lowest BCUT2D eigenvalue weighted by Crippen LogP contribution is -2.47. The first-order valence-electron chi connectivity index (χ1n) is 5.63. The van der Waals surface area contributed by atoms with E-state index in [9.17, 15) is 0 Å². The third-order valence-electron chi connectivity index (χ3n) is 3.07. The van der Waals surface area contributed by atoms with Gasteiger partial charge in [-0.25, -0.2) is 0 Å². The van der Waals surface area contributed by atoms with Crippen molar-refractivity contribution >= 4 is 15.9 Å². The molecule has 0 spiro atoms. The molecule has 1 aromatic carbocycles. The van der Waals surface area contributed by atoms with Crippen LogP contribution in [0.2, 0.25) is 0 Å². The van der Waals surface area contributed by atoms with Crippen LogP contribution >= 0.6 is 15.9 Å². The van der Waals surface area contributed by atoms with Gasteiger partial charge in [0.2, 0.25) is 0 Å². The Bertz CT molecular complexity index is 374. The Morgan fingerprint density at radius 2 is 2.19 bits per heavy atom. The fraction of sp³-hybridized carbons (Fsp3) is 0.538. The summed E-state index contributed by atoms with van der Waals surface area (Å²) in [6.07, 6.45) is 0. The van der Waals surface area contributed by atoms with E-state index in [0.717, 1.165) is 30.8 Å². The maximum Gasteiger partial charge on any atom is 0.0554 e. The number of rotatable bonds is 4. The predicted molar refractivity (Wildman–Crippen MR) is 69.5 cm³/mol. The van der Waals surface area contributed by atoms with E-state index >= 15 is 0 Å². The number of nitrogens with one attached hydrogen (secondary N) is 1. The smallest absolute Gasteiger partial charge is 0.0554 e. The molecule has 1 aliphatic rings. The minimum atomic E-state index is 0.350. The van der Waals surface area contributed by atoms with Gasteiger partial charge in [-0.15, -0.1) is 0 Å². The van der Waals surface area contributed by atoms with Crippen molar-refractivity contribution in [3.05, 3.63) is 33.8 Å². The molecule has 1 fully saturated rings. The minimum Gasteiger partial charge on any atom is -0.380 e. The van der Waals surface area contributed by atoms with Crippen LogP contribution < -0.4 is 5.32 Å². The zero-order valence-electron chi connectivity index (χ0n) is 9.85. The molecule has 0 amide bonds. The molecule has 0 unspecified atom stereocenters. The Hall–Kier alpha value is -0.380. The van der Waals surface area contributed by atoms with E-state index in [-0.39, 0.29) is 0 Å². The highest BCUT2D eigenvalue weighted by Gasteiger charge is 2.32. The summed E-state index contributed by atoms with van der Waals surface area (Å²) < 4.78 is 6.38. The fourth-order valence-corrected chi connectivity index (χ4v) is 2.38. The van der Waals surface area contributed by atoms with Crippen molar-refractivity contribution in [2.45, 2.75) is 20.4 Å². The molecule has 1 aromatic rings. The van der Waals surface area contributed by atoms with Crippen LogP contribution in [0, 0.1) is 12.3 Å². The van der Waals surface area contributed by atoms with Crippen LogP contribution in [0.15, 0.2) is 22.7 Å². The zero-order valence-corrected chi connectivity index (χ0v) is 11.4. The highest BCUT2D eigenvalue weighted by molar-refractivity contribution is 9.10. The number of hydrogen-bond donors (Lipinski definition) is 1. The van der Waals surface area contributed by atoms with Crippen LogP contribution in [0.25, 0.3) is 0 Å². The highest BCUT2D eigenvalue weighted by Crippen LogP contribution is 2.25. The van der Waals surface area contributed by atoms with E-state index in [1.165, 1.54) is 11.1 Å². The minimum absolute atomic E-state index is 0.350. The van der Waals surface area contributed by atoms with Crippen molar-refractivity contribution in [2.24, 2.45) is 5.41 Å². The van der Waals surface area contributed by atoms with Gasteiger partial charge in [0.1, 0.15) is 0 Å². The Balaban J connectivity index is 1.85. The van der Waals surface area contributed by atoms with Crippen molar-refractivity contribution in [1.82, 2.24) is 5.32 Å². The number of halogens is 1. The highest BCUT2D eigenvalue weighted by atomic mass is 79.9. The summed E-state index contributed by atoms with van der Waals surface area (Å²) in [5, 5.41) is 3.51. The molecular formula is C13H18BrNO. The van der Waals surface area contributed by atoms with E-state index in [4.69, 9.17) is 4.74 Å². The van der Waals surface area contributed by atoms with Gasteiger partial charge in [0.05, 0.1) is 13.2 Å². The SMILES string of the molecule is Cc1cc(Br)ccc1CNCC1(C)COC1. The first-order valence-corrected chi connectivity index (χ1v) is 6.42. The molecule has 3 heteroatoms. The Labute approximate surface area is 106 Å². The van der Waals surface area contributed by atoms with Gasteiger partial charge < -0.3 is 10.1 Å². The molecule has 0 bridgehead atoms. The molecule has 1 N–H and O–H groups in total. The lowest BCUT2D eigenvalue weighted by atomic mass is 9.88. The van der Waals surface area contributed by atoms with Crippen molar-refractivity contribution in [3.63, 3.8) is 0 Å². The normalized spacial score (nSPS) is 18.2. The molecule has 16 heavy (non-hydrogen) atoms. The van der Waals surface area contributed by atoms with Gasteiger partial charge in [0, 0.05) is 23.0 Å². The van der Waals surface area contributed by atoms with Crippen LogP contribution in [0.1, 0.15) is 18.1 Å². The molecule has 2 nitrogen and oxygen atoms in total. The average Bonchev–Trinajstić information content (AvgIpc) is 2.19. The zero-order chi connectivity index (χ0) is 11.6. The van der Waals surface area contributed by atoms with E-state index < -0.39 is 0 Å². The molecule has 0 aromatic heterocycles. The average molecular weight is 284 g/mol. The summed E-state index contributed by atoms with van der Waals surface area (Å²) in [5.74, 6) is 0. The van der Waals surface area contributed by atoms with Gasteiger partial charge >= 0.3 is 0 Å². The third-order valence-corrected chi connectivity index (χ3v) is 3.57. The van der Waals surface area contributed by atoms with Crippen molar-refractivity contribution in [1.29, 1.82) is 0 Å². The van der Waals surface area contributed by atoms with Crippen LogP contribution in [-0.2, 0) is 11.3 Å². The second kappa shape index (κ2) is 4.86. The fourth-order valence-electron chi connectivity index (χ4n) is 1.91. The van der Waals surface area contributed by atoms with Gasteiger partial charge in [-0.3, -0.25) is 0 Å². The second-order valence-corrected chi connectivity index (χ2v) is 5.89. The largest absolute Gasteiger partial charge is 0.380 e. The van der Waals surface area contributed by atoms with Crippen LogP contribution in [0.5, 0.6) is 0 Å². The molecule has 0 atom stereocenters. The lowest BCUT2D eigenvalue weighted by molar-refractivity contribution is -0.0991. The van der Waals surface area contributed by atoms with E-state index in [1.54, 1.807) is 0 Å². The molecule has 2 rings (SSSR count). The molecular weight excluding hydrogens is 266 g/mol. The number of aryl methyl sites for hydroxylation is 1. The summed E-state index contributed by atoms with van der Waals surface area (Å²) in [4.78, 5) is 0. The predicted octanol–water partition coefficient (Wildman–Crippen LogP) is 2.88. The number of ether oxygens (including phenoxy) is 1.